The van der Waals surface area contributed by atoms with Crippen LogP contribution in [0.25, 0.3) is 10.1 Å². The van der Waals surface area contributed by atoms with Gasteiger partial charge in [-0.05, 0) is 30.2 Å². The van der Waals surface area contributed by atoms with Crippen molar-refractivity contribution in [2.24, 2.45) is 0 Å². The van der Waals surface area contributed by atoms with E-state index in [0.29, 0.717) is 0 Å². The fourth-order valence-corrected chi connectivity index (χ4v) is 3.66. The van der Waals surface area contributed by atoms with Crippen LogP contribution in [0.15, 0.2) is 48.5 Å². The third-order valence-electron chi connectivity index (χ3n) is 3.42. The molecule has 0 aliphatic heterocycles. The molecule has 0 spiro atoms. The Morgan fingerprint density at radius 2 is 1.80 bits per heavy atom. The first kappa shape index (κ1) is 13.5. The van der Waals surface area contributed by atoms with Crippen LogP contribution in [0.1, 0.15) is 17.4 Å². The summed E-state index contributed by atoms with van der Waals surface area (Å²) in [4.78, 5) is 1.19. The van der Waals surface area contributed by atoms with Gasteiger partial charge in [0.1, 0.15) is 0 Å². The minimum Gasteiger partial charge on any atom is -0.380 e. The molecule has 0 atom stereocenters. The van der Waals surface area contributed by atoms with E-state index < -0.39 is 0 Å². The van der Waals surface area contributed by atoms with E-state index in [1.807, 2.05) is 6.07 Å². The lowest BCUT2D eigenvalue weighted by molar-refractivity contribution is 1.13. The third-order valence-corrected chi connectivity index (χ3v) is 5.13. The van der Waals surface area contributed by atoms with Crippen LogP contribution in [0.2, 0.25) is 5.02 Å². The predicted molar refractivity (Wildman–Crippen MR) is 90.0 cm³/mol. The zero-order valence-corrected chi connectivity index (χ0v) is 12.9. The number of aryl methyl sites for hydroxylation is 1. The van der Waals surface area contributed by atoms with Crippen LogP contribution < -0.4 is 5.32 Å². The van der Waals surface area contributed by atoms with E-state index in [0.717, 1.165) is 29.1 Å². The molecule has 0 fully saturated rings. The SMILES string of the molecule is CCc1ccc(NCc2sc3ccccc3c2Cl)cc1. The number of thiophene rings is 1. The Bertz CT molecular complexity index is 715. The van der Waals surface area contributed by atoms with Gasteiger partial charge in [-0.2, -0.15) is 0 Å². The molecule has 0 saturated carbocycles. The number of hydrogen-bond acceptors (Lipinski definition) is 2. The number of rotatable bonds is 4. The number of fused-ring (bicyclic) bond motifs is 1. The van der Waals surface area contributed by atoms with Gasteiger partial charge in [-0.1, -0.05) is 48.9 Å². The molecule has 1 heterocycles. The second-order valence-corrected chi connectivity index (χ2v) is 6.25. The normalized spacial score (nSPS) is 10.9. The quantitative estimate of drug-likeness (QED) is 0.649. The Morgan fingerprint density at radius 1 is 1.05 bits per heavy atom. The molecule has 0 aliphatic carbocycles. The average molecular weight is 302 g/mol. The molecule has 0 aliphatic rings. The largest absolute Gasteiger partial charge is 0.380 e. The van der Waals surface area contributed by atoms with Crippen LogP contribution >= 0.6 is 22.9 Å². The highest BCUT2D eigenvalue weighted by Crippen LogP contribution is 2.35. The fraction of sp³-hybridized carbons (Fsp3) is 0.176. The first-order chi connectivity index (χ1) is 9.78. The highest BCUT2D eigenvalue weighted by atomic mass is 35.5. The molecule has 3 heteroatoms. The van der Waals surface area contributed by atoms with Crippen molar-refractivity contribution in [2.75, 3.05) is 5.32 Å². The number of benzene rings is 2. The van der Waals surface area contributed by atoms with E-state index in [1.165, 1.54) is 15.1 Å². The molecule has 0 radical (unpaired) electrons. The van der Waals surface area contributed by atoms with Gasteiger partial charge < -0.3 is 5.32 Å². The second-order valence-electron chi connectivity index (χ2n) is 4.74. The predicted octanol–water partition coefficient (Wildman–Crippen LogP) is 5.73. The van der Waals surface area contributed by atoms with Crippen molar-refractivity contribution in [3.8, 4) is 0 Å². The van der Waals surface area contributed by atoms with E-state index in [1.54, 1.807) is 11.3 Å². The second kappa shape index (κ2) is 5.86. The summed E-state index contributed by atoms with van der Waals surface area (Å²) in [6.07, 6.45) is 1.07. The summed E-state index contributed by atoms with van der Waals surface area (Å²) >= 11 is 8.20. The molecule has 20 heavy (non-hydrogen) atoms. The van der Waals surface area contributed by atoms with E-state index in [-0.39, 0.29) is 0 Å². The first-order valence-corrected chi connectivity index (χ1v) is 7.96. The molecule has 0 bridgehead atoms. The van der Waals surface area contributed by atoms with E-state index in [4.69, 9.17) is 11.6 Å². The zero-order valence-electron chi connectivity index (χ0n) is 11.3. The van der Waals surface area contributed by atoms with Crippen molar-refractivity contribution in [1.82, 2.24) is 0 Å². The van der Waals surface area contributed by atoms with Crippen molar-refractivity contribution in [3.63, 3.8) is 0 Å². The Balaban J connectivity index is 1.77. The van der Waals surface area contributed by atoms with Crippen LogP contribution in [-0.4, -0.2) is 0 Å². The van der Waals surface area contributed by atoms with Crippen molar-refractivity contribution in [2.45, 2.75) is 19.9 Å². The molecule has 3 aromatic rings. The Hall–Kier alpha value is -1.51. The molecular weight excluding hydrogens is 286 g/mol. The molecule has 0 unspecified atom stereocenters. The van der Waals surface area contributed by atoms with Gasteiger partial charge in [0.2, 0.25) is 0 Å². The van der Waals surface area contributed by atoms with Gasteiger partial charge in [0, 0.05) is 20.7 Å². The lowest BCUT2D eigenvalue weighted by Gasteiger charge is -2.06. The van der Waals surface area contributed by atoms with Crippen molar-refractivity contribution < 1.29 is 0 Å². The molecular formula is C17H16ClNS. The Morgan fingerprint density at radius 3 is 2.50 bits per heavy atom. The summed E-state index contributed by atoms with van der Waals surface area (Å²) in [7, 11) is 0. The highest BCUT2D eigenvalue weighted by Gasteiger charge is 2.09. The highest BCUT2D eigenvalue weighted by molar-refractivity contribution is 7.19. The molecule has 102 valence electrons. The maximum atomic E-state index is 6.44. The van der Waals surface area contributed by atoms with Gasteiger partial charge >= 0.3 is 0 Å². The molecule has 0 amide bonds. The minimum absolute atomic E-state index is 0.768. The third kappa shape index (κ3) is 2.67. The van der Waals surface area contributed by atoms with Gasteiger partial charge in [0.05, 0.1) is 11.6 Å². The summed E-state index contributed by atoms with van der Waals surface area (Å²) in [5, 5.41) is 5.47. The average Bonchev–Trinajstić information content (AvgIpc) is 2.83. The Kier molecular flexibility index (Phi) is 3.95. The standard InChI is InChI=1S/C17H16ClNS/c1-2-12-7-9-13(10-8-12)19-11-16-17(18)14-5-3-4-6-15(14)20-16/h3-10,19H,2,11H2,1H3. The van der Waals surface area contributed by atoms with E-state index in [9.17, 15) is 0 Å². The molecule has 3 rings (SSSR count). The van der Waals surface area contributed by atoms with Crippen LogP contribution in [0.3, 0.4) is 0 Å². The zero-order chi connectivity index (χ0) is 13.9. The van der Waals surface area contributed by atoms with Crippen LogP contribution in [0, 0.1) is 0 Å². The number of hydrogen-bond donors (Lipinski definition) is 1. The van der Waals surface area contributed by atoms with Crippen LogP contribution in [0.5, 0.6) is 0 Å². The Labute approximate surface area is 128 Å². The first-order valence-electron chi connectivity index (χ1n) is 6.76. The minimum atomic E-state index is 0.768. The fourth-order valence-electron chi connectivity index (χ4n) is 2.22. The summed E-state index contributed by atoms with van der Waals surface area (Å²) in [6.45, 7) is 2.93. The van der Waals surface area contributed by atoms with Gasteiger partial charge in [0.25, 0.3) is 0 Å². The van der Waals surface area contributed by atoms with E-state index in [2.05, 4.69) is 54.7 Å². The van der Waals surface area contributed by atoms with Crippen molar-refractivity contribution in [3.05, 3.63) is 64.0 Å². The van der Waals surface area contributed by atoms with E-state index >= 15 is 0 Å². The topological polar surface area (TPSA) is 12.0 Å². The van der Waals surface area contributed by atoms with Crippen LogP contribution in [0.4, 0.5) is 5.69 Å². The van der Waals surface area contributed by atoms with Crippen molar-refractivity contribution >= 4 is 38.7 Å². The maximum absolute atomic E-state index is 6.44. The lowest BCUT2D eigenvalue weighted by atomic mass is 10.1. The maximum Gasteiger partial charge on any atom is 0.0642 e. The number of anilines is 1. The molecule has 0 saturated heterocycles. The molecule has 1 N–H and O–H groups in total. The van der Waals surface area contributed by atoms with Gasteiger partial charge in [0.15, 0.2) is 0 Å². The van der Waals surface area contributed by atoms with Crippen molar-refractivity contribution in [1.29, 1.82) is 0 Å². The number of nitrogens with one attached hydrogen (secondary N) is 1. The molecule has 1 aromatic heterocycles. The summed E-state index contributed by atoms with van der Waals surface area (Å²) in [6, 6.07) is 16.8. The van der Waals surface area contributed by atoms with Gasteiger partial charge in [-0.25, -0.2) is 0 Å². The van der Waals surface area contributed by atoms with Gasteiger partial charge in [-0.15, -0.1) is 11.3 Å². The summed E-state index contributed by atoms with van der Waals surface area (Å²) in [5.41, 5.74) is 2.49. The monoisotopic (exact) mass is 301 g/mol. The summed E-state index contributed by atoms with van der Waals surface area (Å²) in [5.74, 6) is 0. The summed E-state index contributed by atoms with van der Waals surface area (Å²) < 4.78 is 1.25. The smallest absolute Gasteiger partial charge is 0.0642 e. The number of halogens is 1. The van der Waals surface area contributed by atoms with Crippen LogP contribution in [-0.2, 0) is 13.0 Å². The lowest BCUT2D eigenvalue weighted by Crippen LogP contribution is -1.97. The van der Waals surface area contributed by atoms with Gasteiger partial charge in [-0.3, -0.25) is 0 Å². The molecule has 1 nitrogen and oxygen atoms in total. The molecule has 2 aromatic carbocycles.